The van der Waals surface area contributed by atoms with Gasteiger partial charge in [-0.15, -0.1) is 0 Å². The van der Waals surface area contributed by atoms with Crippen LogP contribution in [-0.2, 0) is 28.6 Å². The third kappa shape index (κ3) is 6.27. The molecule has 0 bridgehead atoms. The molecule has 3 N–H and O–H groups in total. The number of esters is 3. The summed E-state index contributed by atoms with van der Waals surface area (Å²) >= 11 is 5.43. The van der Waals surface area contributed by atoms with Crippen LogP contribution in [0.3, 0.4) is 0 Å². The molecule has 4 aliphatic rings. The molecule has 0 heterocycles. The Bertz CT molecular complexity index is 1060. The van der Waals surface area contributed by atoms with E-state index in [1.165, 1.54) is 20.8 Å². The monoisotopic (exact) mass is 624 g/mol. The average Bonchev–Trinajstić information content (AvgIpc) is 2.91. The lowest BCUT2D eigenvalue weighted by atomic mass is 9.46. The Kier molecular flexibility index (Phi) is 10.4. The third-order valence-corrected chi connectivity index (χ3v) is 12.3. The highest BCUT2D eigenvalue weighted by Gasteiger charge is 2.64. The summed E-state index contributed by atoms with van der Waals surface area (Å²) in [6.07, 6.45) is 2.58. The van der Waals surface area contributed by atoms with E-state index in [0.717, 1.165) is 32.1 Å². The van der Waals surface area contributed by atoms with E-state index < -0.39 is 40.5 Å². The zero-order valence-electron chi connectivity index (χ0n) is 26.6. The van der Waals surface area contributed by atoms with Crippen LogP contribution in [-0.4, -0.2) is 76.2 Å². The fourth-order valence-electron chi connectivity index (χ4n) is 10.2. The second kappa shape index (κ2) is 13.0. The molecule has 0 amide bonds. The molecule has 0 aromatic rings. The van der Waals surface area contributed by atoms with Crippen LogP contribution in [0.1, 0.15) is 92.9 Å². The SMILES string of the molecule is CC(=O)OC[C@@]1(C)C(OC(C)=O)CCC2C(CC=S)C(C3CC4CC(C)(C)C(OC(C)=O)[C@H](O)[C@]4(CO)[C@H](O)C3)CCC21. The van der Waals surface area contributed by atoms with Crippen LogP contribution < -0.4 is 0 Å². The van der Waals surface area contributed by atoms with Crippen molar-refractivity contribution in [2.24, 2.45) is 51.8 Å². The zero-order valence-corrected chi connectivity index (χ0v) is 27.4. The maximum atomic E-state index is 12.0. The quantitative estimate of drug-likeness (QED) is 0.206. The molecule has 4 rings (SSSR count). The minimum atomic E-state index is -1.18. The first-order chi connectivity index (χ1) is 20.1. The van der Waals surface area contributed by atoms with Gasteiger partial charge in [-0.05, 0) is 92.2 Å². The number of hydrogen-bond acceptors (Lipinski definition) is 10. The first kappa shape index (κ1) is 34.3. The second-order valence-electron chi connectivity index (χ2n) is 14.9. The lowest BCUT2D eigenvalue weighted by Gasteiger charge is -2.62. The van der Waals surface area contributed by atoms with Gasteiger partial charge < -0.3 is 29.5 Å². The Morgan fingerprint density at radius 2 is 1.56 bits per heavy atom. The number of aliphatic hydroxyl groups excluding tert-OH is 3. The molecule has 0 spiro atoms. The normalized spacial score (nSPS) is 43.8. The number of carbonyl (C=O) groups excluding carboxylic acids is 3. The van der Waals surface area contributed by atoms with E-state index in [1.807, 2.05) is 19.2 Å². The van der Waals surface area contributed by atoms with Crippen molar-refractivity contribution < 1.29 is 43.9 Å². The van der Waals surface area contributed by atoms with E-state index in [1.54, 1.807) is 0 Å². The van der Waals surface area contributed by atoms with Crippen molar-refractivity contribution in [1.29, 1.82) is 0 Å². The molecule has 0 saturated heterocycles. The fourth-order valence-corrected chi connectivity index (χ4v) is 10.4. The predicted octanol–water partition coefficient (Wildman–Crippen LogP) is 4.02. The molecule has 0 aromatic heterocycles. The summed E-state index contributed by atoms with van der Waals surface area (Å²) in [5, 5.41) is 35.9. The van der Waals surface area contributed by atoms with Crippen LogP contribution in [0.5, 0.6) is 0 Å². The molecule has 8 unspecified atom stereocenters. The van der Waals surface area contributed by atoms with Crippen molar-refractivity contribution in [3.8, 4) is 0 Å². The van der Waals surface area contributed by atoms with Crippen LogP contribution in [0, 0.1) is 51.8 Å². The van der Waals surface area contributed by atoms with Crippen LogP contribution in [0.15, 0.2) is 0 Å². The first-order valence-corrected chi connectivity index (χ1v) is 16.5. The van der Waals surface area contributed by atoms with E-state index in [-0.39, 0.29) is 66.8 Å². The smallest absolute Gasteiger partial charge is 0.303 e. The Labute approximate surface area is 261 Å². The Balaban J connectivity index is 1.62. The number of thiocarbonyl (C=S) groups is 1. The number of ether oxygens (including phenoxy) is 3. The van der Waals surface area contributed by atoms with Crippen molar-refractivity contribution in [2.45, 2.75) is 117 Å². The van der Waals surface area contributed by atoms with Gasteiger partial charge in [-0.25, -0.2) is 0 Å². The molecule has 4 aliphatic carbocycles. The van der Waals surface area contributed by atoms with Gasteiger partial charge in [-0.1, -0.05) is 33.0 Å². The number of carbonyl (C=O) groups is 3. The molecule has 10 heteroatoms. The molecule has 4 saturated carbocycles. The van der Waals surface area contributed by atoms with E-state index in [2.05, 4.69) is 6.92 Å². The molecule has 4 fully saturated rings. The minimum Gasteiger partial charge on any atom is -0.465 e. The second-order valence-corrected chi connectivity index (χ2v) is 15.3. The summed E-state index contributed by atoms with van der Waals surface area (Å²) in [6, 6.07) is 0. The zero-order chi connectivity index (χ0) is 31.9. The number of fused-ring (bicyclic) bond motifs is 2. The summed E-state index contributed by atoms with van der Waals surface area (Å²) in [6.45, 7) is 9.98. The molecule has 244 valence electrons. The summed E-state index contributed by atoms with van der Waals surface area (Å²) in [5.41, 5.74) is -2.21. The third-order valence-electron chi connectivity index (χ3n) is 12.1. The standard InChI is InChI=1S/C33H52O9S/c1-18(35)40-17-32(6)26-9-7-23(24(11-12-43)25(26)8-10-28(32)41-19(2)36)21-13-22-15-31(4,5)30(42-20(3)37)29(39)33(22,16-34)27(38)14-21/h12,21-30,34,38-39H,7-11,13-17H2,1-6H3/t21?,22?,23?,24?,25?,26?,27-,28?,29+,30?,32-,33+/m1/s1. The van der Waals surface area contributed by atoms with E-state index in [4.69, 9.17) is 26.4 Å². The van der Waals surface area contributed by atoms with Crippen molar-refractivity contribution in [2.75, 3.05) is 13.2 Å². The molecule has 0 aliphatic heterocycles. The van der Waals surface area contributed by atoms with Crippen LogP contribution >= 0.6 is 12.2 Å². The molecular formula is C33H52O9S. The van der Waals surface area contributed by atoms with Gasteiger partial charge in [0.15, 0.2) is 0 Å². The average molecular weight is 625 g/mol. The highest BCUT2D eigenvalue weighted by Crippen LogP contribution is 2.62. The van der Waals surface area contributed by atoms with Gasteiger partial charge in [0, 0.05) is 31.6 Å². The first-order valence-electron chi connectivity index (χ1n) is 16.0. The summed E-state index contributed by atoms with van der Waals surface area (Å²) in [4.78, 5) is 35.8. The summed E-state index contributed by atoms with van der Waals surface area (Å²) < 4.78 is 17.0. The molecule has 43 heavy (non-hydrogen) atoms. The van der Waals surface area contributed by atoms with Crippen LogP contribution in [0.4, 0.5) is 0 Å². The Hall–Kier alpha value is -1.62. The summed E-state index contributed by atoms with van der Waals surface area (Å²) in [5.74, 6) is -0.176. The van der Waals surface area contributed by atoms with E-state index in [0.29, 0.717) is 19.3 Å². The van der Waals surface area contributed by atoms with Gasteiger partial charge in [0.2, 0.25) is 0 Å². The van der Waals surface area contributed by atoms with Crippen molar-refractivity contribution in [3.05, 3.63) is 0 Å². The summed E-state index contributed by atoms with van der Waals surface area (Å²) in [7, 11) is 0. The number of hydrogen-bond donors (Lipinski definition) is 3. The lowest BCUT2D eigenvalue weighted by Crippen LogP contribution is -2.67. The number of aliphatic hydroxyl groups is 3. The predicted molar refractivity (Wildman–Crippen MR) is 163 cm³/mol. The lowest BCUT2D eigenvalue weighted by molar-refractivity contribution is -0.254. The van der Waals surface area contributed by atoms with Gasteiger partial charge in [0.1, 0.15) is 24.9 Å². The largest absolute Gasteiger partial charge is 0.465 e. The van der Waals surface area contributed by atoms with Crippen LogP contribution in [0.2, 0.25) is 0 Å². The van der Waals surface area contributed by atoms with Crippen molar-refractivity contribution >= 4 is 35.5 Å². The van der Waals surface area contributed by atoms with E-state index in [9.17, 15) is 29.7 Å². The van der Waals surface area contributed by atoms with Crippen molar-refractivity contribution in [1.82, 2.24) is 0 Å². The Morgan fingerprint density at radius 3 is 2.14 bits per heavy atom. The highest BCUT2D eigenvalue weighted by atomic mass is 32.1. The van der Waals surface area contributed by atoms with Crippen molar-refractivity contribution in [3.63, 3.8) is 0 Å². The number of rotatable bonds is 8. The van der Waals surface area contributed by atoms with Crippen LogP contribution in [0.25, 0.3) is 0 Å². The fraction of sp³-hybridized carbons (Fsp3) is 0.879. The van der Waals surface area contributed by atoms with Gasteiger partial charge in [-0.2, -0.15) is 0 Å². The molecule has 9 nitrogen and oxygen atoms in total. The van der Waals surface area contributed by atoms with E-state index >= 15 is 0 Å². The molecule has 12 atom stereocenters. The van der Waals surface area contributed by atoms with Gasteiger partial charge in [0.25, 0.3) is 0 Å². The maximum Gasteiger partial charge on any atom is 0.303 e. The van der Waals surface area contributed by atoms with Gasteiger partial charge in [-0.3, -0.25) is 14.4 Å². The molecular weight excluding hydrogens is 572 g/mol. The molecule has 0 aromatic carbocycles. The molecule has 0 radical (unpaired) electrons. The maximum absolute atomic E-state index is 12.0. The Morgan fingerprint density at radius 1 is 0.907 bits per heavy atom. The minimum absolute atomic E-state index is 0.150. The highest BCUT2D eigenvalue weighted by molar-refractivity contribution is 7.78. The van der Waals surface area contributed by atoms with Gasteiger partial charge in [0.05, 0.1) is 18.1 Å². The van der Waals surface area contributed by atoms with Gasteiger partial charge >= 0.3 is 17.9 Å². The topological polar surface area (TPSA) is 140 Å².